The van der Waals surface area contributed by atoms with Crippen molar-refractivity contribution in [1.82, 2.24) is 14.7 Å². The summed E-state index contributed by atoms with van der Waals surface area (Å²) in [5.41, 5.74) is 0.122. The van der Waals surface area contributed by atoms with Crippen molar-refractivity contribution in [2.45, 2.75) is 24.8 Å². The van der Waals surface area contributed by atoms with Crippen molar-refractivity contribution >= 4 is 11.6 Å². The molecule has 0 radical (unpaired) electrons. The minimum absolute atomic E-state index is 0.0203. The first-order valence-electron chi connectivity index (χ1n) is 5.53. The van der Waals surface area contributed by atoms with Gasteiger partial charge in [-0.25, -0.2) is 0 Å². The number of amides is 1. The lowest BCUT2D eigenvalue weighted by atomic mass is 9.80. The maximum atomic E-state index is 11.5. The van der Waals surface area contributed by atoms with Crippen LogP contribution in [0, 0.1) is 10.1 Å². The minimum Gasteiger partial charge on any atom is -0.331 e. The predicted octanol–water partition coefficient (Wildman–Crippen LogP) is 0.550. The van der Waals surface area contributed by atoms with Gasteiger partial charge in [-0.2, -0.15) is 5.10 Å². The Labute approximate surface area is 97.2 Å². The molecule has 2 saturated heterocycles. The predicted molar refractivity (Wildman–Crippen MR) is 57.1 cm³/mol. The van der Waals surface area contributed by atoms with E-state index in [1.807, 2.05) is 0 Å². The Bertz CT molecular complexity index is 524. The summed E-state index contributed by atoms with van der Waals surface area (Å²) < 4.78 is 1.53. The molecule has 17 heavy (non-hydrogen) atoms. The van der Waals surface area contributed by atoms with E-state index in [2.05, 4.69) is 5.10 Å². The van der Waals surface area contributed by atoms with E-state index in [0.717, 1.165) is 12.8 Å². The number of hydrogen-bond donors (Lipinski definition) is 0. The highest BCUT2D eigenvalue weighted by Gasteiger charge is 2.58. The van der Waals surface area contributed by atoms with E-state index >= 15 is 0 Å². The molecule has 3 rings (SSSR count). The van der Waals surface area contributed by atoms with Crippen molar-refractivity contribution in [2.24, 2.45) is 7.05 Å². The van der Waals surface area contributed by atoms with Gasteiger partial charge in [0.05, 0.1) is 11.3 Å². The van der Waals surface area contributed by atoms with Crippen LogP contribution in [0.5, 0.6) is 0 Å². The fourth-order valence-electron chi connectivity index (χ4n) is 3.11. The number of carbonyl (C=O) groups is 1. The lowest BCUT2D eigenvalue weighted by Crippen LogP contribution is -2.58. The SMILES string of the molecule is Cn1ncc([N+](=O)[O-])c1C12CCCN1C(=O)C2. The summed E-state index contributed by atoms with van der Waals surface area (Å²) >= 11 is 0. The highest BCUT2D eigenvalue weighted by Crippen LogP contribution is 2.51. The molecule has 1 atom stereocenters. The van der Waals surface area contributed by atoms with Gasteiger partial charge < -0.3 is 4.90 Å². The van der Waals surface area contributed by atoms with Crippen LogP contribution < -0.4 is 0 Å². The standard InChI is InChI=1S/C10H12N4O3/c1-12-9(7(6-11-12)14(16)17)10-3-2-4-13(10)8(15)5-10/h6H,2-5H2,1H3. The third kappa shape index (κ3) is 1.11. The van der Waals surface area contributed by atoms with Crippen molar-refractivity contribution in [3.8, 4) is 0 Å². The molecule has 0 aromatic carbocycles. The molecule has 0 N–H and O–H groups in total. The quantitative estimate of drug-likeness (QED) is 0.426. The lowest BCUT2D eigenvalue weighted by Gasteiger charge is -2.46. The van der Waals surface area contributed by atoms with Crippen molar-refractivity contribution in [2.75, 3.05) is 6.54 Å². The van der Waals surface area contributed by atoms with Gasteiger partial charge in [0, 0.05) is 13.6 Å². The zero-order chi connectivity index (χ0) is 12.2. The van der Waals surface area contributed by atoms with E-state index in [9.17, 15) is 14.9 Å². The van der Waals surface area contributed by atoms with Crippen LogP contribution in [0.3, 0.4) is 0 Å². The second-order valence-electron chi connectivity index (χ2n) is 4.62. The van der Waals surface area contributed by atoms with Crippen LogP contribution in [0.25, 0.3) is 0 Å². The monoisotopic (exact) mass is 236 g/mol. The molecule has 1 unspecified atom stereocenters. The molecule has 1 aromatic heterocycles. The zero-order valence-corrected chi connectivity index (χ0v) is 9.42. The first kappa shape index (κ1) is 10.2. The van der Waals surface area contributed by atoms with Gasteiger partial charge in [-0.15, -0.1) is 0 Å². The highest BCUT2D eigenvalue weighted by molar-refractivity contribution is 5.86. The molecule has 0 bridgehead atoms. The maximum absolute atomic E-state index is 11.5. The summed E-state index contributed by atoms with van der Waals surface area (Å²) in [6.45, 7) is 0.696. The van der Waals surface area contributed by atoms with Crippen LogP contribution in [0.1, 0.15) is 25.0 Å². The Kier molecular flexibility index (Phi) is 1.84. The summed E-state index contributed by atoms with van der Waals surface area (Å²) in [7, 11) is 1.69. The Morgan fingerprint density at radius 2 is 2.35 bits per heavy atom. The molecule has 0 aliphatic carbocycles. The van der Waals surface area contributed by atoms with Crippen molar-refractivity contribution < 1.29 is 9.72 Å². The molecule has 0 spiro atoms. The van der Waals surface area contributed by atoms with Crippen LogP contribution in [-0.4, -0.2) is 32.1 Å². The highest BCUT2D eigenvalue weighted by atomic mass is 16.6. The second kappa shape index (κ2) is 3.06. The van der Waals surface area contributed by atoms with E-state index < -0.39 is 10.5 Å². The van der Waals surface area contributed by atoms with E-state index in [-0.39, 0.29) is 11.6 Å². The van der Waals surface area contributed by atoms with Gasteiger partial charge in [0.1, 0.15) is 17.4 Å². The molecule has 3 heterocycles. The fraction of sp³-hybridized carbons (Fsp3) is 0.600. The second-order valence-corrected chi connectivity index (χ2v) is 4.62. The Morgan fingerprint density at radius 3 is 3.00 bits per heavy atom. The zero-order valence-electron chi connectivity index (χ0n) is 9.42. The molecule has 1 amide bonds. The molecule has 2 aliphatic rings. The van der Waals surface area contributed by atoms with Gasteiger partial charge in [-0.1, -0.05) is 0 Å². The number of aryl methyl sites for hydroxylation is 1. The maximum Gasteiger partial charge on any atom is 0.312 e. The van der Waals surface area contributed by atoms with Gasteiger partial charge in [-0.3, -0.25) is 19.6 Å². The molecule has 2 fully saturated rings. The number of rotatable bonds is 2. The minimum atomic E-state index is -0.468. The summed E-state index contributed by atoms with van der Waals surface area (Å²) in [6.07, 6.45) is 3.32. The molecule has 7 heteroatoms. The van der Waals surface area contributed by atoms with Crippen LogP contribution in [0.15, 0.2) is 6.20 Å². The molecule has 90 valence electrons. The van der Waals surface area contributed by atoms with E-state index in [1.165, 1.54) is 10.9 Å². The van der Waals surface area contributed by atoms with Gasteiger partial charge in [-0.05, 0) is 12.8 Å². The average Bonchev–Trinajstić information content (AvgIpc) is 2.78. The topological polar surface area (TPSA) is 81.3 Å². The Hall–Kier alpha value is -1.92. The van der Waals surface area contributed by atoms with Crippen LogP contribution in [-0.2, 0) is 17.4 Å². The number of hydrogen-bond acceptors (Lipinski definition) is 4. The third-order valence-electron chi connectivity index (χ3n) is 3.79. The first-order valence-corrected chi connectivity index (χ1v) is 5.53. The number of β-lactam (4-membered cyclic amide) rings is 1. The number of nitro groups is 1. The average molecular weight is 236 g/mol. The Morgan fingerprint density at radius 1 is 1.59 bits per heavy atom. The largest absolute Gasteiger partial charge is 0.331 e. The molecule has 7 nitrogen and oxygen atoms in total. The summed E-state index contributed by atoms with van der Waals surface area (Å²) in [6, 6.07) is 0. The molecular weight excluding hydrogens is 224 g/mol. The van der Waals surface area contributed by atoms with Gasteiger partial charge in [0.25, 0.3) is 0 Å². The normalized spacial score (nSPS) is 26.9. The number of carbonyl (C=O) groups excluding carboxylic acids is 1. The summed E-state index contributed by atoms with van der Waals surface area (Å²) in [4.78, 5) is 23.9. The van der Waals surface area contributed by atoms with E-state index in [0.29, 0.717) is 18.7 Å². The molecular formula is C10H12N4O3. The number of fused-ring (bicyclic) bond motifs is 1. The van der Waals surface area contributed by atoms with Crippen molar-refractivity contribution in [1.29, 1.82) is 0 Å². The summed E-state index contributed by atoms with van der Waals surface area (Å²) in [5, 5.41) is 15.0. The molecule has 0 saturated carbocycles. The smallest absolute Gasteiger partial charge is 0.312 e. The van der Waals surface area contributed by atoms with Crippen LogP contribution >= 0.6 is 0 Å². The van der Waals surface area contributed by atoms with Crippen molar-refractivity contribution in [3.05, 3.63) is 22.0 Å². The lowest BCUT2D eigenvalue weighted by molar-refractivity contribution is -0.386. The van der Waals surface area contributed by atoms with E-state index in [4.69, 9.17) is 0 Å². The summed E-state index contributed by atoms with van der Waals surface area (Å²) in [5.74, 6) is 0.0815. The van der Waals surface area contributed by atoms with Crippen molar-refractivity contribution in [3.63, 3.8) is 0 Å². The van der Waals surface area contributed by atoms with Gasteiger partial charge in [0.2, 0.25) is 5.91 Å². The Balaban J connectivity index is 2.13. The van der Waals surface area contributed by atoms with Gasteiger partial charge >= 0.3 is 5.69 Å². The first-order chi connectivity index (χ1) is 8.06. The fourth-order valence-corrected chi connectivity index (χ4v) is 3.11. The third-order valence-corrected chi connectivity index (χ3v) is 3.79. The van der Waals surface area contributed by atoms with E-state index in [1.54, 1.807) is 11.9 Å². The molecule has 2 aliphatic heterocycles. The number of aromatic nitrogens is 2. The van der Waals surface area contributed by atoms with Crippen LogP contribution in [0.2, 0.25) is 0 Å². The van der Waals surface area contributed by atoms with Crippen LogP contribution in [0.4, 0.5) is 5.69 Å². The number of nitrogens with zero attached hydrogens (tertiary/aromatic N) is 4. The van der Waals surface area contributed by atoms with Gasteiger partial charge in [0.15, 0.2) is 0 Å². The molecule has 1 aromatic rings.